The van der Waals surface area contributed by atoms with Gasteiger partial charge in [-0.05, 0) is 111 Å². The number of imidazole rings is 1. The molecule has 3 aromatic carbocycles. The zero-order chi connectivity index (χ0) is 100. The third-order valence-corrected chi connectivity index (χ3v) is 24.9. The maximum atomic E-state index is 15.9. The van der Waals surface area contributed by atoms with Crippen LogP contribution < -0.4 is 70.0 Å². The fourth-order valence-corrected chi connectivity index (χ4v) is 17.4. The molecule has 3 saturated heterocycles. The molecule has 43 heteroatoms. The Balaban J connectivity index is 1.11. The third-order valence-electron chi connectivity index (χ3n) is 24.9. The Kier molecular flexibility index (Phi) is 39.5. The Morgan fingerprint density at radius 1 is 0.526 bits per heavy atom. The summed E-state index contributed by atoms with van der Waals surface area (Å²) in [6.07, 6.45) is 6.49. The van der Waals surface area contributed by atoms with Gasteiger partial charge in [0, 0.05) is 113 Å². The second-order valence-electron chi connectivity index (χ2n) is 36.2. The van der Waals surface area contributed by atoms with Gasteiger partial charge in [-0.3, -0.25) is 86.3 Å². The first-order chi connectivity index (χ1) is 65.2. The molecule has 3 fully saturated rings. The number of para-hydroxylation sites is 2. The van der Waals surface area contributed by atoms with E-state index >= 15 is 38.4 Å². The maximum absolute atomic E-state index is 15.9. The lowest BCUT2D eigenvalue weighted by molar-refractivity contribution is -0.149. The standard InChI is InChI=1S/C94H132N22O21/c1-11-13-15-27-73-87(130)103-63(36-52(3)4)83(126)109-70(82(125)100-46-78(96)120)45-97-47-79(121)102-67(38-55-30-32-59(118)33-31-55)90(133)111(8)54(7)81(124)106-69(42-77(95)119)93(136)116-35-21-29-75(116)89(132)105-65(41-58-44-98-51-101-58)85(128)107-66(37-53(5)6)92(135)115-34-20-28-74(115)88(131)104-64(39-56-43-99-62-24-18-16-22-60(56)62)84(127)110-71(50-117)86(129)108-68(91(134)113(10)76(25-14-12-2)94(137)112(73)9)40-57-48-114(49-80(122)123)72-26-19-17-23-61(57)72/h16-19,22-24,26,30-33,43-44,48,51-54,63-71,73-76,97,99,117-118H,11-15,20-21,25,27-29,34-42,45-47,49-50H2,1-10H3,(H2,95,119)(H2,96,120)(H,98,101)(H,100,125)(H,102,121)(H,103,130)(H,104,131)(H,105,132)(H,106,124)(H,107,128)(H,108,129)(H,109,126)(H,110,127)(H,122,123)/t54-,63-,64-,65-,66-,67-,68-,69?,70-,71-,73-,74-,75-,76-/m0/s1. The Morgan fingerprint density at radius 2 is 1.06 bits per heavy atom. The summed E-state index contributed by atoms with van der Waals surface area (Å²) in [5, 5.41) is 62.2. The van der Waals surface area contributed by atoms with Crippen LogP contribution in [0.3, 0.4) is 0 Å². The number of rotatable bonds is 27. The molecule has 0 spiro atoms. The van der Waals surface area contributed by atoms with E-state index in [1.165, 1.54) is 80.5 Å². The third kappa shape index (κ3) is 29.6. The van der Waals surface area contributed by atoms with Crippen LogP contribution in [-0.4, -0.2) is 311 Å². The second-order valence-corrected chi connectivity index (χ2v) is 36.2. The topological polar surface area (TPSA) is 618 Å². The number of aromatic nitrogens is 4. The van der Waals surface area contributed by atoms with E-state index in [0.717, 1.165) is 19.6 Å². The average molecular weight is 1910 g/mol. The number of aliphatic hydroxyl groups excluding tert-OH is 1. The number of H-pyrrole nitrogens is 2. The average Bonchev–Trinajstić information content (AvgIpc) is 1.59. The number of carbonyl (C=O) groups is 18. The summed E-state index contributed by atoms with van der Waals surface area (Å²) in [5.41, 5.74) is 13.8. The molecule has 137 heavy (non-hydrogen) atoms. The molecule has 0 radical (unpaired) electrons. The van der Waals surface area contributed by atoms with Gasteiger partial charge in [-0.15, -0.1) is 0 Å². The van der Waals surface area contributed by atoms with Gasteiger partial charge in [-0.25, -0.2) is 4.98 Å². The number of phenolic OH excluding ortho intramolecular Hbond substituents is 1. The highest BCUT2D eigenvalue weighted by Crippen LogP contribution is 2.29. The van der Waals surface area contributed by atoms with Crippen molar-refractivity contribution in [2.75, 3.05) is 60.5 Å². The number of nitrogens with zero attached hydrogens (tertiary/aromatic N) is 7. The van der Waals surface area contributed by atoms with E-state index in [-0.39, 0.29) is 101 Å². The number of aliphatic carboxylic acids is 1. The number of aromatic hydroxyl groups is 1. The van der Waals surface area contributed by atoms with Gasteiger partial charge < -0.3 is 124 Å². The molecule has 0 bridgehead atoms. The molecule has 0 aliphatic carbocycles. The molecule has 14 atom stereocenters. The number of phenols is 1. The van der Waals surface area contributed by atoms with Gasteiger partial charge in [-0.2, -0.15) is 0 Å². The van der Waals surface area contributed by atoms with Crippen molar-refractivity contribution in [1.29, 1.82) is 0 Å². The SMILES string of the molecule is CCCCC[C@H]1C(=O)N[C@@H](CC(C)C)C(=O)N[C@H](C(=O)NCC(N)=O)CNCC(=O)N[C@@H](Cc2ccc(O)cc2)C(=O)N(C)[C@@H](C)C(=O)NC(CC(N)=O)C(=O)N2CCC[C@H]2C(=O)N[C@@H](Cc2cnc[nH]2)C(=O)N[C@@H](CC(C)C)C(=O)N2CCC[C@H]2C(=O)N[C@@H](Cc2c[nH]c3ccccc23)C(=O)N[C@@H](CO)C(=O)N[C@@H](Cc2cn(CC(=O)O)c3ccccc23)C(=O)N(C)[C@@H](CCCC)C(=O)N1C. The quantitative estimate of drug-likeness (QED) is 0.0266. The smallest absolute Gasteiger partial charge is 0.323 e. The van der Waals surface area contributed by atoms with Crippen LogP contribution >= 0.6 is 0 Å². The van der Waals surface area contributed by atoms with E-state index < -0.39 is 237 Å². The Labute approximate surface area is 793 Å². The molecular formula is C94H132N22O21. The van der Waals surface area contributed by atoms with Gasteiger partial charge in [0.25, 0.3) is 0 Å². The summed E-state index contributed by atoms with van der Waals surface area (Å²) in [4.78, 5) is 279. The fraction of sp³-hybridized carbons (Fsp3) is 0.543. The van der Waals surface area contributed by atoms with Crippen LogP contribution in [0.5, 0.6) is 5.75 Å². The van der Waals surface area contributed by atoms with Crippen molar-refractivity contribution in [2.24, 2.45) is 23.3 Å². The molecule has 6 heterocycles. The monoisotopic (exact) mass is 1900 g/mol. The number of unbranched alkanes of at least 4 members (excludes halogenated alkanes) is 3. The summed E-state index contributed by atoms with van der Waals surface area (Å²) in [5.74, 6) is -17.8. The van der Waals surface area contributed by atoms with E-state index in [9.17, 15) is 63.3 Å². The van der Waals surface area contributed by atoms with E-state index in [1.807, 2.05) is 13.8 Å². The summed E-state index contributed by atoms with van der Waals surface area (Å²) < 4.78 is 1.43. The molecule has 43 nitrogen and oxygen atoms in total. The van der Waals surface area contributed by atoms with Crippen LogP contribution in [0.25, 0.3) is 21.8 Å². The lowest BCUT2D eigenvalue weighted by Crippen LogP contribution is -2.62. The number of carbonyl (C=O) groups excluding carboxylic acids is 17. The van der Waals surface area contributed by atoms with Crippen molar-refractivity contribution in [3.8, 4) is 5.75 Å². The zero-order valence-electron chi connectivity index (χ0n) is 79.1. The largest absolute Gasteiger partial charge is 0.508 e. The normalized spacial score (nSPS) is 24.1. The molecule has 0 saturated carbocycles. The number of nitrogens with one attached hydrogen (secondary N) is 13. The molecule has 3 aromatic heterocycles. The first-order valence-electron chi connectivity index (χ1n) is 46.6. The highest BCUT2D eigenvalue weighted by atomic mass is 16.4. The van der Waals surface area contributed by atoms with E-state index in [1.54, 1.807) is 82.4 Å². The molecular weight excluding hydrogens is 1770 g/mol. The van der Waals surface area contributed by atoms with Gasteiger partial charge >= 0.3 is 5.97 Å². The Bertz CT molecular complexity index is 5290. The number of carboxylic acid groups (broad SMARTS) is 1. The van der Waals surface area contributed by atoms with Crippen LogP contribution in [0.2, 0.25) is 0 Å². The summed E-state index contributed by atoms with van der Waals surface area (Å²) in [7, 11) is 3.90. The fourth-order valence-electron chi connectivity index (χ4n) is 17.4. The van der Waals surface area contributed by atoms with Gasteiger partial charge in [-0.1, -0.05) is 122 Å². The van der Waals surface area contributed by atoms with Crippen molar-refractivity contribution in [3.05, 3.63) is 120 Å². The minimum atomic E-state index is -1.92. The number of likely N-dealkylation sites (N-methyl/N-ethyl adjacent to an activating group) is 3. The molecule has 3 aliphatic rings. The van der Waals surface area contributed by atoms with Crippen molar-refractivity contribution in [2.45, 2.75) is 255 Å². The van der Waals surface area contributed by atoms with Gasteiger partial charge in [0.15, 0.2) is 0 Å². The first-order valence-corrected chi connectivity index (χ1v) is 46.6. The van der Waals surface area contributed by atoms with Crippen LogP contribution in [0.1, 0.15) is 161 Å². The summed E-state index contributed by atoms with van der Waals surface area (Å²) >= 11 is 0. The molecule has 9 rings (SSSR count). The van der Waals surface area contributed by atoms with Crippen molar-refractivity contribution in [3.63, 3.8) is 0 Å². The second kappa shape index (κ2) is 50.6. The zero-order valence-corrected chi connectivity index (χ0v) is 79.1. The number of hydrogen-bond donors (Lipinski definition) is 18. The van der Waals surface area contributed by atoms with E-state index in [0.29, 0.717) is 76.3 Å². The maximum Gasteiger partial charge on any atom is 0.323 e. The highest BCUT2D eigenvalue weighted by molar-refractivity contribution is 6.03. The number of carboxylic acids is 1. The van der Waals surface area contributed by atoms with Crippen LogP contribution in [0, 0.1) is 11.8 Å². The van der Waals surface area contributed by atoms with Gasteiger partial charge in [0.1, 0.15) is 96.9 Å². The van der Waals surface area contributed by atoms with E-state index in [2.05, 4.69) is 73.4 Å². The number of nitrogens with two attached hydrogens (primary N) is 2. The number of fused-ring (bicyclic) bond motifs is 4. The number of amides is 17. The molecule has 744 valence electrons. The Hall–Kier alpha value is -13.9. The molecule has 1 unspecified atom stereocenters. The van der Waals surface area contributed by atoms with Crippen LogP contribution in [-0.2, 0) is 119 Å². The predicted molar refractivity (Wildman–Crippen MR) is 500 cm³/mol. The Morgan fingerprint density at radius 3 is 1.66 bits per heavy atom. The highest BCUT2D eigenvalue weighted by Gasteiger charge is 2.46. The first kappa shape index (κ1) is 107. The summed E-state index contributed by atoms with van der Waals surface area (Å²) in [6.45, 7) is 8.31. The molecule has 6 aromatic rings. The van der Waals surface area contributed by atoms with Gasteiger partial charge in [0.2, 0.25) is 100 Å². The number of aliphatic hydroxyl groups is 1. The van der Waals surface area contributed by atoms with Crippen molar-refractivity contribution < 1.29 is 102 Å². The van der Waals surface area contributed by atoms with Crippen molar-refractivity contribution in [1.82, 2.24) is 103 Å². The van der Waals surface area contributed by atoms with Gasteiger partial charge in [0.05, 0.1) is 32.4 Å². The lowest BCUT2D eigenvalue weighted by atomic mass is 9.99. The predicted octanol–water partition coefficient (Wildman–Crippen LogP) is -1.31. The summed E-state index contributed by atoms with van der Waals surface area (Å²) in [6, 6.07) is -2.22. The lowest BCUT2D eigenvalue weighted by Gasteiger charge is -2.36. The van der Waals surface area contributed by atoms with Crippen LogP contribution in [0.4, 0.5) is 0 Å². The van der Waals surface area contributed by atoms with E-state index in [4.69, 9.17) is 11.5 Å². The number of primary amides is 2. The minimum Gasteiger partial charge on any atom is -0.508 e. The molecule has 3 aliphatic heterocycles. The van der Waals surface area contributed by atoms with Crippen LogP contribution in [0.15, 0.2) is 97.7 Å². The molecule has 17 amide bonds. The number of aromatic amines is 2. The number of hydrogen-bond acceptors (Lipinski definition) is 22. The number of benzene rings is 3. The van der Waals surface area contributed by atoms with Crippen molar-refractivity contribution >= 4 is 128 Å². The minimum absolute atomic E-state index is 0.000826. The molecule has 20 N–H and O–H groups in total.